The van der Waals surface area contributed by atoms with Crippen LogP contribution in [0.3, 0.4) is 0 Å². The van der Waals surface area contributed by atoms with E-state index in [0.717, 1.165) is 9.35 Å². The lowest BCUT2D eigenvalue weighted by Crippen LogP contribution is -2.57. The SMILES string of the molecule is CC(C)(C)OC(=O)NC1(C(=O)O)CCN(Cc2cc(Br)cs2)C1. The Bertz CT molecular complexity index is 599. The maximum atomic E-state index is 12.0. The van der Waals surface area contributed by atoms with Crippen LogP contribution in [0.4, 0.5) is 4.79 Å². The standard InChI is InChI=1S/C15H21BrN2O4S/c1-14(2,3)22-13(21)17-15(12(19)20)4-5-18(9-15)7-11-6-10(16)8-23-11/h6,8H,4-5,7,9H2,1-3H3,(H,17,21)(H,19,20). The van der Waals surface area contributed by atoms with Crippen LogP contribution in [0.15, 0.2) is 15.9 Å². The number of likely N-dealkylation sites (tertiary alicyclic amines) is 1. The summed E-state index contributed by atoms with van der Waals surface area (Å²) in [6.07, 6.45) is -0.339. The fraction of sp³-hybridized carbons (Fsp3) is 0.600. The number of nitrogens with one attached hydrogen (secondary N) is 1. The maximum absolute atomic E-state index is 12.0. The summed E-state index contributed by atoms with van der Waals surface area (Å²) >= 11 is 5.03. The van der Waals surface area contributed by atoms with Gasteiger partial charge in [-0.3, -0.25) is 4.90 Å². The largest absolute Gasteiger partial charge is 0.479 e. The van der Waals surface area contributed by atoms with Crippen molar-refractivity contribution >= 4 is 39.3 Å². The van der Waals surface area contributed by atoms with Gasteiger partial charge in [-0.1, -0.05) is 0 Å². The van der Waals surface area contributed by atoms with Crippen LogP contribution in [-0.4, -0.2) is 46.3 Å². The molecule has 128 valence electrons. The third kappa shape index (κ3) is 4.92. The van der Waals surface area contributed by atoms with Gasteiger partial charge >= 0.3 is 12.1 Å². The quantitative estimate of drug-likeness (QED) is 0.805. The fourth-order valence-electron chi connectivity index (χ4n) is 2.51. The van der Waals surface area contributed by atoms with Gasteiger partial charge in [-0.05, 0) is 49.2 Å². The number of halogens is 1. The molecule has 0 aromatic carbocycles. The summed E-state index contributed by atoms with van der Waals surface area (Å²) in [5, 5.41) is 14.2. The first-order valence-corrected chi connectivity index (χ1v) is 8.97. The van der Waals surface area contributed by atoms with Crippen molar-refractivity contribution in [3.63, 3.8) is 0 Å². The van der Waals surface area contributed by atoms with E-state index in [4.69, 9.17) is 4.74 Å². The Morgan fingerprint density at radius 3 is 2.74 bits per heavy atom. The first kappa shape index (κ1) is 18.2. The molecule has 1 saturated heterocycles. The number of carboxylic acid groups (broad SMARTS) is 1. The van der Waals surface area contributed by atoms with Crippen LogP contribution in [-0.2, 0) is 16.1 Å². The lowest BCUT2D eigenvalue weighted by atomic mass is 9.99. The summed E-state index contributed by atoms with van der Waals surface area (Å²) in [5.41, 5.74) is -1.96. The van der Waals surface area contributed by atoms with Crippen molar-refractivity contribution in [1.29, 1.82) is 0 Å². The summed E-state index contributed by atoms with van der Waals surface area (Å²) in [6, 6.07) is 2.02. The van der Waals surface area contributed by atoms with E-state index in [1.807, 2.05) is 16.3 Å². The smallest absolute Gasteiger partial charge is 0.408 e. The normalized spacial score (nSPS) is 22.1. The lowest BCUT2D eigenvalue weighted by Gasteiger charge is -2.28. The molecule has 2 heterocycles. The Hall–Kier alpha value is -1.12. The second-order valence-electron chi connectivity index (χ2n) is 6.71. The Balaban J connectivity index is 2.02. The van der Waals surface area contributed by atoms with E-state index < -0.39 is 23.2 Å². The minimum Gasteiger partial charge on any atom is -0.479 e. The van der Waals surface area contributed by atoms with Crippen LogP contribution >= 0.6 is 27.3 Å². The van der Waals surface area contributed by atoms with Crippen molar-refractivity contribution in [2.75, 3.05) is 13.1 Å². The molecule has 2 rings (SSSR count). The highest BCUT2D eigenvalue weighted by Crippen LogP contribution is 2.27. The Morgan fingerprint density at radius 1 is 1.52 bits per heavy atom. The van der Waals surface area contributed by atoms with Gasteiger partial charge in [0.05, 0.1) is 0 Å². The number of ether oxygens (including phenoxy) is 1. The number of nitrogens with zero attached hydrogens (tertiary/aromatic N) is 1. The van der Waals surface area contributed by atoms with Gasteiger partial charge in [0.2, 0.25) is 0 Å². The number of amides is 1. The average molecular weight is 405 g/mol. The molecule has 1 aliphatic rings. The number of carboxylic acids is 1. The molecule has 0 radical (unpaired) electrons. The molecule has 1 amide bonds. The number of hydrogen-bond donors (Lipinski definition) is 2. The van der Waals surface area contributed by atoms with Crippen molar-refractivity contribution in [2.45, 2.75) is 44.9 Å². The second-order valence-corrected chi connectivity index (χ2v) is 8.62. The van der Waals surface area contributed by atoms with Gasteiger partial charge in [-0.15, -0.1) is 11.3 Å². The third-order valence-corrected chi connectivity index (χ3v) is 5.18. The number of thiophene rings is 1. The lowest BCUT2D eigenvalue weighted by molar-refractivity contribution is -0.144. The summed E-state index contributed by atoms with van der Waals surface area (Å²) < 4.78 is 6.22. The first-order chi connectivity index (χ1) is 10.6. The van der Waals surface area contributed by atoms with E-state index in [1.54, 1.807) is 32.1 Å². The number of alkyl carbamates (subject to hydrolysis) is 1. The van der Waals surface area contributed by atoms with E-state index in [2.05, 4.69) is 21.2 Å². The van der Waals surface area contributed by atoms with Gasteiger partial charge in [0, 0.05) is 34.4 Å². The van der Waals surface area contributed by atoms with E-state index >= 15 is 0 Å². The number of rotatable bonds is 4. The Labute approximate surface area is 147 Å². The van der Waals surface area contributed by atoms with E-state index in [0.29, 0.717) is 19.5 Å². The predicted octanol–water partition coefficient (Wildman–Crippen LogP) is 3.06. The van der Waals surface area contributed by atoms with Crippen molar-refractivity contribution in [1.82, 2.24) is 10.2 Å². The average Bonchev–Trinajstić information content (AvgIpc) is 2.95. The molecule has 6 nitrogen and oxygen atoms in total. The van der Waals surface area contributed by atoms with E-state index in [1.165, 1.54) is 0 Å². The highest BCUT2D eigenvalue weighted by atomic mass is 79.9. The first-order valence-electron chi connectivity index (χ1n) is 7.29. The van der Waals surface area contributed by atoms with Gasteiger partial charge in [0.1, 0.15) is 5.60 Å². The summed E-state index contributed by atoms with van der Waals surface area (Å²) in [6.45, 7) is 6.77. The number of carbonyl (C=O) groups excluding carboxylic acids is 1. The monoisotopic (exact) mass is 404 g/mol. The van der Waals surface area contributed by atoms with Crippen LogP contribution in [0.2, 0.25) is 0 Å². The molecule has 0 aliphatic carbocycles. The van der Waals surface area contributed by atoms with Crippen LogP contribution in [0, 0.1) is 0 Å². The van der Waals surface area contributed by atoms with Gasteiger partial charge in [0.15, 0.2) is 5.54 Å². The minimum absolute atomic E-state index is 0.261. The molecular weight excluding hydrogens is 384 g/mol. The molecule has 1 aromatic rings. The van der Waals surface area contributed by atoms with E-state index in [9.17, 15) is 14.7 Å². The molecule has 0 spiro atoms. The van der Waals surface area contributed by atoms with Crippen molar-refractivity contribution in [2.24, 2.45) is 0 Å². The van der Waals surface area contributed by atoms with Crippen LogP contribution in [0.25, 0.3) is 0 Å². The van der Waals surface area contributed by atoms with Crippen LogP contribution in [0.5, 0.6) is 0 Å². The molecule has 0 saturated carbocycles. The van der Waals surface area contributed by atoms with Crippen LogP contribution < -0.4 is 5.32 Å². The highest BCUT2D eigenvalue weighted by Gasteiger charge is 2.46. The minimum atomic E-state index is -1.29. The molecule has 1 aliphatic heterocycles. The molecular formula is C15H21BrN2O4S. The zero-order valence-corrected chi connectivity index (χ0v) is 15.8. The molecule has 23 heavy (non-hydrogen) atoms. The highest BCUT2D eigenvalue weighted by molar-refractivity contribution is 9.10. The second kappa shape index (κ2) is 6.78. The molecule has 1 unspecified atom stereocenters. The predicted molar refractivity (Wildman–Crippen MR) is 91.6 cm³/mol. The molecule has 1 atom stereocenters. The maximum Gasteiger partial charge on any atom is 0.408 e. The van der Waals surface area contributed by atoms with Crippen molar-refractivity contribution < 1.29 is 19.4 Å². The Kier molecular flexibility index (Phi) is 5.37. The van der Waals surface area contributed by atoms with Gasteiger partial charge in [-0.2, -0.15) is 0 Å². The summed E-state index contributed by atoms with van der Waals surface area (Å²) in [4.78, 5) is 26.9. The topological polar surface area (TPSA) is 78.9 Å². The van der Waals surface area contributed by atoms with Crippen molar-refractivity contribution in [3.05, 3.63) is 20.8 Å². The molecule has 0 bridgehead atoms. The Morgan fingerprint density at radius 2 is 2.22 bits per heavy atom. The van der Waals surface area contributed by atoms with Crippen LogP contribution in [0.1, 0.15) is 32.1 Å². The molecule has 1 aromatic heterocycles. The summed E-state index contributed by atoms with van der Waals surface area (Å²) in [7, 11) is 0. The zero-order chi connectivity index (χ0) is 17.3. The summed E-state index contributed by atoms with van der Waals surface area (Å²) in [5.74, 6) is -1.03. The molecule has 8 heteroatoms. The van der Waals surface area contributed by atoms with Gasteiger partial charge < -0.3 is 15.2 Å². The van der Waals surface area contributed by atoms with Crippen molar-refractivity contribution in [3.8, 4) is 0 Å². The number of hydrogen-bond acceptors (Lipinski definition) is 5. The number of aliphatic carboxylic acids is 1. The number of carbonyl (C=O) groups is 2. The third-order valence-electron chi connectivity index (χ3n) is 3.50. The van der Waals surface area contributed by atoms with Gasteiger partial charge in [-0.25, -0.2) is 9.59 Å². The zero-order valence-electron chi connectivity index (χ0n) is 13.4. The van der Waals surface area contributed by atoms with E-state index in [-0.39, 0.29) is 6.54 Å². The molecule has 2 N–H and O–H groups in total. The van der Waals surface area contributed by atoms with Gasteiger partial charge in [0.25, 0.3) is 0 Å². The fourth-order valence-corrected chi connectivity index (χ4v) is 4.00. The molecule has 1 fully saturated rings.